The average Bonchev–Trinajstić information content (AvgIpc) is 2.15. The first-order chi connectivity index (χ1) is 7.63. The van der Waals surface area contributed by atoms with Gasteiger partial charge in [-0.1, -0.05) is 0 Å². The Morgan fingerprint density at radius 1 is 0.875 bits per heavy atom. The van der Waals surface area contributed by atoms with Crippen LogP contribution in [0.3, 0.4) is 0 Å². The van der Waals surface area contributed by atoms with Crippen LogP contribution in [0.4, 0.5) is 17.5 Å². The third-order valence-electron chi connectivity index (χ3n) is 1.57. The summed E-state index contributed by atoms with van der Waals surface area (Å²) in [5.74, 6) is 0.959. The molecule has 0 aliphatic rings. The Morgan fingerprint density at radius 2 is 1.56 bits per heavy atom. The quantitative estimate of drug-likeness (QED) is 0.628. The summed E-state index contributed by atoms with van der Waals surface area (Å²) in [6.07, 6.45) is 3.02. The Labute approximate surface area is 95.5 Å². The zero-order valence-corrected chi connectivity index (χ0v) is 8.98. The van der Waals surface area contributed by atoms with Crippen LogP contribution in [0.1, 0.15) is 0 Å². The zero-order valence-electron chi connectivity index (χ0n) is 8.16. The summed E-state index contributed by atoms with van der Waals surface area (Å²) in [6.45, 7) is 0. The van der Waals surface area contributed by atoms with Crippen molar-refractivity contribution in [3.05, 3.63) is 18.5 Å². The smallest absolute Gasteiger partial charge is 0.197 e. The summed E-state index contributed by atoms with van der Waals surface area (Å²) in [6, 6.07) is 1.48. The highest BCUT2D eigenvalue weighted by molar-refractivity contribution is 7.99. The van der Waals surface area contributed by atoms with Crippen molar-refractivity contribution in [2.75, 3.05) is 17.2 Å². The van der Waals surface area contributed by atoms with Gasteiger partial charge in [0.05, 0.1) is 12.4 Å². The minimum absolute atomic E-state index is 0.312. The molecule has 2 aromatic rings. The van der Waals surface area contributed by atoms with Crippen LogP contribution in [-0.2, 0) is 0 Å². The van der Waals surface area contributed by atoms with Crippen LogP contribution >= 0.6 is 11.8 Å². The van der Waals surface area contributed by atoms with Crippen molar-refractivity contribution in [1.82, 2.24) is 19.9 Å². The lowest BCUT2D eigenvalue weighted by Crippen LogP contribution is -1.99. The predicted molar refractivity (Wildman–Crippen MR) is 61.4 cm³/mol. The second-order valence-electron chi connectivity index (χ2n) is 2.88. The minimum Gasteiger partial charge on any atom is -0.383 e. The zero-order chi connectivity index (χ0) is 11.5. The van der Waals surface area contributed by atoms with Gasteiger partial charge in [-0.05, 0) is 11.8 Å². The van der Waals surface area contributed by atoms with Crippen molar-refractivity contribution in [2.24, 2.45) is 0 Å². The number of hydrogen-bond donors (Lipinski definition) is 3. The van der Waals surface area contributed by atoms with E-state index in [2.05, 4.69) is 19.9 Å². The van der Waals surface area contributed by atoms with Crippen LogP contribution in [0, 0.1) is 0 Å². The fourth-order valence-corrected chi connectivity index (χ4v) is 1.77. The van der Waals surface area contributed by atoms with Crippen molar-refractivity contribution in [3.63, 3.8) is 0 Å². The van der Waals surface area contributed by atoms with Gasteiger partial charge in [0.15, 0.2) is 5.16 Å². The Hall–Kier alpha value is -2.09. The maximum Gasteiger partial charge on any atom is 0.197 e. The van der Waals surface area contributed by atoms with Gasteiger partial charge < -0.3 is 17.2 Å². The van der Waals surface area contributed by atoms with E-state index in [1.807, 2.05) is 0 Å². The van der Waals surface area contributed by atoms with Crippen LogP contribution in [0.15, 0.2) is 28.6 Å². The molecule has 0 aliphatic carbocycles. The highest BCUT2D eigenvalue weighted by Gasteiger charge is 2.05. The largest absolute Gasteiger partial charge is 0.383 e. The van der Waals surface area contributed by atoms with Crippen molar-refractivity contribution in [1.29, 1.82) is 0 Å². The van der Waals surface area contributed by atoms with E-state index in [-0.39, 0.29) is 0 Å². The van der Waals surface area contributed by atoms with Crippen LogP contribution < -0.4 is 17.2 Å². The molecule has 16 heavy (non-hydrogen) atoms. The van der Waals surface area contributed by atoms with Gasteiger partial charge in [0.2, 0.25) is 0 Å². The van der Waals surface area contributed by atoms with E-state index in [0.717, 1.165) is 0 Å². The van der Waals surface area contributed by atoms with E-state index in [1.165, 1.54) is 24.0 Å². The van der Waals surface area contributed by atoms with Gasteiger partial charge in [0.1, 0.15) is 22.5 Å². The highest BCUT2D eigenvalue weighted by Crippen LogP contribution is 2.23. The normalized spacial score (nSPS) is 10.2. The van der Waals surface area contributed by atoms with Crippen LogP contribution in [-0.4, -0.2) is 19.9 Å². The summed E-state index contributed by atoms with van der Waals surface area (Å²) in [5, 5.41) is 1.00. The van der Waals surface area contributed by atoms with Crippen molar-refractivity contribution in [2.45, 2.75) is 10.2 Å². The highest BCUT2D eigenvalue weighted by atomic mass is 32.2. The van der Waals surface area contributed by atoms with E-state index in [0.29, 0.717) is 27.6 Å². The van der Waals surface area contributed by atoms with Gasteiger partial charge in [-0.3, -0.25) is 4.98 Å². The third kappa shape index (κ3) is 2.48. The van der Waals surface area contributed by atoms with E-state index < -0.39 is 0 Å². The summed E-state index contributed by atoms with van der Waals surface area (Å²) >= 11 is 1.19. The fourth-order valence-electron chi connectivity index (χ4n) is 1.01. The van der Waals surface area contributed by atoms with Crippen molar-refractivity contribution >= 4 is 29.2 Å². The maximum atomic E-state index is 5.54. The van der Waals surface area contributed by atoms with Crippen LogP contribution in [0.2, 0.25) is 0 Å². The number of hydrogen-bond acceptors (Lipinski definition) is 8. The van der Waals surface area contributed by atoms with E-state index in [1.54, 1.807) is 6.20 Å². The Bertz CT molecular complexity index is 495. The Balaban J connectivity index is 2.27. The molecule has 2 aromatic heterocycles. The van der Waals surface area contributed by atoms with Crippen LogP contribution in [0.25, 0.3) is 0 Å². The summed E-state index contributed by atoms with van der Waals surface area (Å²) < 4.78 is 0. The SMILES string of the molecule is Nc1cncc(Sc2nc(N)cc(N)n2)n1. The molecule has 0 fully saturated rings. The lowest BCUT2D eigenvalue weighted by Gasteiger charge is -2.01. The molecule has 7 nitrogen and oxygen atoms in total. The van der Waals surface area contributed by atoms with Gasteiger partial charge >= 0.3 is 0 Å². The molecule has 0 saturated carbocycles. The number of aromatic nitrogens is 4. The van der Waals surface area contributed by atoms with E-state index >= 15 is 0 Å². The summed E-state index contributed by atoms with van der Waals surface area (Å²) in [7, 11) is 0. The van der Waals surface area contributed by atoms with Crippen molar-refractivity contribution < 1.29 is 0 Å². The molecule has 0 spiro atoms. The molecule has 2 heterocycles. The first-order valence-corrected chi connectivity index (χ1v) is 5.10. The minimum atomic E-state index is 0.312. The first-order valence-electron chi connectivity index (χ1n) is 4.29. The molecule has 8 heteroatoms. The molecule has 0 radical (unpaired) electrons. The molecule has 0 aromatic carbocycles. The average molecular weight is 235 g/mol. The molecular weight excluding hydrogens is 226 g/mol. The van der Waals surface area contributed by atoms with E-state index in [4.69, 9.17) is 17.2 Å². The summed E-state index contributed by atoms with van der Waals surface area (Å²) in [5.41, 5.74) is 16.6. The second-order valence-corrected chi connectivity index (χ2v) is 3.87. The van der Waals surface area contributed by atoms with Gasteiger partial charge in [0, 0.05) is 6.07 Å². The molecular formula is C8H9N7S. The molecule has 2 rings (SSSR count). The van der Waals surface area contributed by atoms with Crippen LogP contribution in [0.5, 0.6) is 0 Å². The number of nitrogens with two attached hydrogens (primary N) is 3. The molecule has 82 valence electrons. The fraction of sp³-hybridized carbons (Fsp3) is 0. The number of nitrogens with zero attached hydrogens (tertiary/aromatic N) is 4. The number of rotatable bonds is 2. The van der Waals surface area contributed by atoms with Gasteiger partial charge in [-0.2, -0.15) is 0 Å². The van der Waals surface area contributed by atoms with Crippen molar-refractivity contribution in [3.8, 4) is 0 Å². The third-order valence-corrected chi connectivity index (χ3v) is 2.34. The molecule has 0 unspecified atom stereocenters. The predicted octanol–water partition coefficient (Wildman–Crippen LogP) is 0.164. The summed E-state index contributed by atoms with van der Waals surface area (Å²) in [4.78, 5) is 15.9. The molecule has 0 atom stereocenters. The lowest BCUT2D eigenvalue weighted by atomic mass is 10.5. The maximum absolute atomic E-state index is 5.54. The first kappa shape index (κ1) is 10.4. The second kappa shape index (κ2) is 4.19. The molecule has 0 aliphatic heterocycles. The van der Waals surface area contributed by atoms with E-state index in [9.17, 15) is 0 Å². The monoisotopic (exact) mass is 235 g/mol. The van der Waals surface area contributed by atoms with Gasteiger partial charge in [0.25, 0.3) is 0 Å². The Kier molecular flexibility index (Phi) is 2.73. The van der Waals surface area contributed by atoms with Gasteiger partial charge in [-0.25, -0.2) is 15.0 Å². The number of anilines is 3. The molecule has 0 bridgehead atoms. The molecule has 0 saturated heterocycles. The number of nitrogen functional groups attached to an aromatic ring is 3. The molecule has 6 N–H and O–H groups in total. The topological polar surface area (TPSA) is 130 Å². The Morgan fingerprint density at radius 3 is 2.19 bits per heavy atom. The lowest BCUT2D eigenvalue weighted by molar-refractivity contribution is 0.972. The standard InChI is InChI=1S/C8H9N7S/c9-4-1-5(10)15-8(14-4)16-7-3-12-2-6(11)13-7/h1-3H,(H2,11,13)(H4,9,10,14,15). The van der Waals surface area contributed by atoms with Gasteiger partial charge in [-0.15, -0.1) is 0 Å². The molecule has 0 amide bonds.